The number of morpholine rings is 1. The number of carbonyl (C=O) groups is 4. The van der Waals surface area contributed by atoms with E-state index in [9.17, 15) is 20.3 Å². The fraction of sp³-hybridized carbons (Fsp3) is 0.333. The van der Waals surface area contributed by atoms with E-state index < -0.39 is 76.6 Å². The molecule has 6 aromatic rings. The summed E-state index contributed by atoms with van der Waals surface area (Å²) in [6.07, 6.45) is 2.72. The number of hydrogen-bond donors (Lipinski definition) is 2. The number of rotatable bonds is 12. The third kappa shape index (κ3) is 9.67. The number of esters is 1. The lowest BCUT2D eigenvalue weighted by molar-refractivity contribution is -0.384. The summed E-state index contributed by atoms with van der Waals surface area (Å²) in [5.41, 5.74) is 0.870. The van der Waals surface area contributed by atoms with Gasteiger partial charge in [0.2, 0.25) is 11.8 Å². The van der Waals surface area contributed by atoms with Crippen molar-refractivity contribution in [3.63, 3.8) is 0 Å². The molecule has 0 unspecified atom stereocenters. The maximum atomic E-state index is 17.0. The highest BCUT2D eigenvalue weighted by Gasteiger charge is 2.76. The van der Waals surface area contributed by atoms with Gasteiger partial charge in [0.05, 0.1) is 49.4 Å². The zero-order valence-corrected chi connectivity index (χ0v) is 44.3. The van der Waals surface area contributed by atoms with Crippen molar-refractivity contribution in [2.75, 3.05) is 38.9 Å². The number of non-ortho nitro benzene ring substituents is 1. The molecule has 3 fully saturated rings. The number of nitro benzene ring substituents is 1. The summed E-state index contributed by atoms with van der Waals surface area (Å²) in [6.45, 7) is -0.537. The van der Waals surface area contributed by atoms with Crippen molar-refractivity contribution in [1.82, 2.24) is 9.80 Å². The predicted molar refractivity (Wildman–Crippen MR) is 292 cm³/mol. The lowest BCUT2D eigenvalue weighted by Gasteiger charge is -2.46. The molecule has 5 aliphatic rings. The summed E-state index contributed by atoms with van der Waals surface area (Å²) >= 11 is 0. The summed E-state index contributed by atoms with van der Waals surface area (Å²) in [5.74, 6) is 3.87. The average Bonchev–Trinajstić information content (AvgIpc) is 3.73. The molecule has 410 valence electrons. The number of amides is 3. The molecule has 1 aliphatic carbocycles. The number of hydrogen-bond acceptors (Lipinski definition) is 14. The Labute approximate surface area is 462 Å². The van der Waals surface area contributed by atoms with Crippen LogP contribution in [0.15, 0.2) is 140 Å². The first-order valence-electron chi connectivity index (χ1n) is 27.0. The van der Waals surface area contributed by atoms with Crippen LogP contribution in [0.25, 0.3) is 0 Å². The van der Waals surface area contributed by atoms with Crippen molar-refractivity contribution in [2.24, 2.45) is 5.92 Å². The number of cyclic esters (lactones) is 1. The monoisotopic (exact) mass is 1080 g/mol. The lowest BCUT2D eigenvalue weighted by Crippen LogP contribution is -2.57. The molecule has 0 bridgehead atoms. The lowest BCUT2D eigenvalue weighted by atomic mass is 9.64. The molecule has 80 heavy (non-hydrogen) atoms. The second-order valence-corrected chi connectivity index (χ2v) is 20.9. The van der Waals surface area contributed by atoms with Gasteiger partial charge in [-0.3, -0.25) is 29.4 Å². The first-order valence-corrected chi connectivity index (χ1v) is 27.0. The number of imide groups is 1. The summed E-state index contributed by atoms with van der Waals surface area (Å²) in [7, 11) is 3.08. The predicted octanol–water partition coefficient (Wildman–Crippen LogP) is 9.01. The maximum Gasteiger partial charge on any atom is 0.421 e. The van der Waals surface area contributed by atoms with Gasteiger partial charge in [-0.05, 0) is 126 Å². The van der Waals surface area contributed by atoms with Crippen LogP contribution in [0.3, 0.4) is 0 Å². The van der Waals surface area contributed by atoms with Crippen LogP contribution in [-0.2, 0) is 48.8 Å². The number of fused-ring (bicyclic) bond motifs is 4. The molecule has 6 atom stereocenters. The molecule has 17 heteroatoms. The molecular weight excluding hydrogens is 1020 g/mol. The Kier molecular flexibility index (Phi) is 14.9. The number of methoxy groups -OCH3 is 2. The van der Waals surface area contributed by atoms with Gasteiger partial charge in [0, 0.05) is 30.8 Å². The number of ether oxygens (including phenoxy) is 5. The van der Waals surface area contributed by atoms with E-state index in [0.29, 0.717) is 64.3 Å². The first-order chi connectivity index (χ1) is 38.9. The summed E-state index contributed by atoms with van der Waals surface area (Å²) in [4.78, 5) is 80.3. The molecule has 4 aliphatic heterocycles. The highest BCUT2D eigenvalue weighted by Crippen LogP contribution is 2.66. The van der Waals surface area contributed by atoms with Crippen molar-refractivity contribution in [3.05, 3.63) is 194 Å². The standard InChI is InChI=1S/C63H60N4O13/c1-76-51-36-44-27-31-64(38-46(44)37-52(51)77-2)58(69)53-55-59(70)80-56(43-16-9-6-10-17-43)54(42-14-7-5-8-15-42)66(55)57(45-18-13-19-48(35-45)78-33-32-68)63(53)49-34-40(26-30-62(73)28-11-3-4-12-29-62)22-25-50(49)65(60(63)71)61(72)79-39-41-20-23-47(24-21-41)67(74)75/h5-10,13-25,34-37,53-57,68,73H,3-4,11-12,27-29,31-33,38-39H2,1-2H3/t53-,54-,55-,56+,57+,63-/m0/s1. The Hall–Kier alpha value is -8.56. The fourth-order valence-corrected chi connectivity index (χ4v) is 12.7. The Morgan fingerprint density at radius 3 is 2.14 bits per heavy atom. The van der Waals surface area contributed by atoms with Crippen LogP contribution < -0.4 is 19.1 Å². The minimum atomic E-state index is -2.19. The first kappa shape index (κ1) is 53.4. The van der Waals surface area contributed by atoms with Crippen LogP contribution >= 0.6 is 0 Å². The van der Waals surface area contributed by atoms with Gasteiger partial charge in [-0.25, -0.2) is 9.69 Å². The molecule has 2 saturated heterocycles. The zero-order valence-electron chi connectivity index (χ0n) is 44.3. The van der Waals surface area contributed by atoms with Crippen molar-refractivity contribution in [2.45, 2.75) is 93.3 Å². The minimum Gasteiger partial charge on any atom is -0.493 e. The van der Waals surface area contributed by atoms with E-state index in [4.69, 9.17) is 23.7 Å². The van der Waals surface area contributed by atoms with Gasteiger partial charge in [0.15, 0.2) is 11.5 Å². The molecule has 2 N–H and O–H groups in total. The van der Waals surface area contributed by atoms with Gasteiger partial charge in [-0.1, -0.05) is 97.5 Å². The van der Waals surface area contributed by atoms with E-state index >= 15 is 19.2 Å². The van der Waals surface area contributed by atoms with Gasteiger partial charge in [-0.2, -0.15) is 0 Å². The molecule has 4 heterocycles. The smallest absolute Gasteiger partial charge is 0.421 e. The van der Waals surface area contributed by atoms with Crippen LogP contribution in [0.5, 0.6) is 17.2 Å². The topological polar surface area (TPSA) is 208 Å². The number of anilines is 1. The number of aliphatic hydroxyl groups is 2. The van der Waals surface area contributed by atoms with Crippen LogP contribution in [0.4, 0.5) is 16.2 Å². The minimum absolute atomic E-state index is 0.0545. The second-order valence-electron chi connectivity index (χ2n) is 20.9. The number of benzene rings is 6. The van der Waals surface area contributed by atoms with Gasteiger partial charge in [-0.15, -0.1) is 0 Å². The van der Waals surface area contributed by atoms with Crippen molar-refractivity contribution in [3.8, 4) is 29.1 Å². The van der Waals surface area contributed by atoms with E-state index in [2.05, 4.69) is 11.8 Å². The van der Waals surface area contributed by atoms with Gasteiger partial charge in [0.25, 0.3) is 5.69 Å². The largest absolute Gasteiger partial charge is 0.493 e. The molecule has 0 aromatic heterocycles. The Balaban J connectivity index is 1.17. The molecule has 17 nitrogen and oxygen atoms in total. The van der Waals surface area contributed by atoms with Crippen LogP contribution in [0.1, 0.15) is 101 Å². The third-order valence-electron chi connectivity index (χ3n) is 16.4. The third-order valence-corrected chi connectivity index (χ3v) is 16.4. The Morgan fingerprint density at radius 1 is 0.787 bits per heavy atom. The molecule has 1 spiro atoms. The molecule has 0 radical (unpaired) electrons. The van der Waals surface area contributed by atoms with E-state index in [1.807, 2.05) is 77.7 Å². The normalized spacial score (nSPS) is 22.9. The van der Waals surface area contributed by atoms with E-state index in [1.165, 1.54) is 31.4 Å². The highest BCUT2D eigenvalue weighted by molar-refractivity contribution is 6.23. The molecule has 3 amide bonds. The van der Waals surface area contributed by atoms with Crippen molar-refractivity contribution < 1.29 is 58.0 Å². The van der Waals surface area contributed by atoms with E-state index in [-0.39, 0.29) is 43.2 Å². The van der Waals surface area contributed by atoms with Gasteiger partial charge >= 0.3 is 12.1 Å². The summed E-state index contributed by atoms with van der Waals surface area (Å²) < 4.78 is 30.2. The fourth-order valence-electron chi connectivity index (χ4n) is 12.7. The Bertz CT molecular complexity index is 3410. The Morgan fingerprint density at radius 2 is 1.46 bits per heavy atom. The molecule has 1 saturated carbocycles. The second kappa shape index (κ2) is 22.3. The molecule has 6 aromatic carbocycles. The van der Waals surface area contributed by atoms with Crippen molar-refractivity contribution in [1.29, 1.82) is 0 Å². The SMILES string of the molecule is COc1cc2c(cc1OC)CN(C(=O)[C@@H]1[C@H]3C(=O)O[C@H](c4ccccc4)[C@H](c4ccccc4)N3[C@H](c3cccc(OCCO)c3)[C@@]13C(=O)N(C(=O)OCc1ccc([N+](=O)[O-])cc1)c1ccc(C#CC4(O)CCCCCC4)cc13)CC2. The summed E-state index contributed by atoms with van der Waals surface area (Å²) in [6, 6.07) is 36.1. The van der Waals surface area contributed by atoms with Crippen LogP contribution in [0.2, 0.25) is 0 Å². The number of carbonyl (C=O) groups excluding carboxylic acids is 4. The highest BCUT2D eigenvalue weighted by atomic mass is 16.6. The van der Waals surface area contributed by atoms with Gasteiger partial charge in [0.1, 0.15) is 42.1 Å². The molecular formula is C63H60N4O13. The average molecular weight is 1080 g/mol. The molecule has 11 rings (SSSR count). The zero-order chi connectivity index (χ0) is 55.7. The summed E-state index contributed by atoms with van der Waals surface area (Å²) in [5, 5.41) is 33.4. The number of aliphatic hydroxyl groups excluding tert-OH is 1. The van der Waals surface area contributed by atoms with Crippen molar-refractivity contribution >= 4 is 35.3 Å². The van der Waals surface area contributed by atoms with Crippen LogP contribution in [-0.4, -0.2) is 94.4 Å². The van der Waals surface area contributed by atoms with Crippen LogP contribution in [0, 0.1) is 27.9 Å². The van der Waals surface area contributed by atoms with E-state index in [0.717, 1.165) is 41.7 Å². The number of nitrogens with zero attached hydrogens (tertiary/aromatic N) is 4. The number of nitro groups is 1. The van der Waals surface area contributed by atoms with Gasteiger partial charge < -0.3 is 38.8 Å². The maximum absolute atomic E-state index is 17.0. The van der Waals surface area contributed by atoms with E-state index in [1.54, 1.807) is 54.5 Å². The quantitative estimate of drug-likeness (QED) is 0.0386.